The number of benzene rings is 2. The number of carbonyl (C=O) groups is 1. The van der Waals surface area contributed by atoms with Crippen molar-refractivity contribution in [1.29, 1.82) is 0 Å². The average molecular weight is 367 g/mol. The molecule has 136 valence electrons. The highest BCUT2D eigenvalue weighted by atomic mass is 19.4. The highest BCUT2D eigenvalue weighted by Crippen LogP contribution is 2.29. The molecule has 0 saturated heterocycles. The zero-order valence-electron chi connectivity index (χ0n) is 13.3. The molecule has 7 nitrogen and oxygen atoms in total. The number of nitro groups is 1. The lowest BCUT2D eigenvalue weighted by Gasteiger charge is -2.08. The van der Waals surface area contributed by atoms with Crippen LogP contribution in [-0.2, 0) is 6.18 Å². The van der Waals surface area contributed by atoms with Gasteiger partial charge < -0.3 is 4.74 Å². The molecular weight excluding hydrogens is 355 g/mol. The van der Waals surface area contributed by atoms with Gasteiger partial charge in [-0.1, -0.05) is 6.07 Å². The van der Waals surface area contributed by atoms with E-state index in [1.54, 1.807) is 0 Å². The molecule has 0 atom stereocenters. The number of carbonyl (C=O) groups excluding carboxylic acids is 1. The Hall–Kier alpha value is -3.43. The van der Waals surface area contributed by atoms with Crippen molar-refractivity contribution in [3.63, 3.8) is 0 Å². The van der Waals surface area contributed by atoms with E-state index in [0.717, 1.165) is 18.3 Å². The van der Waals surface area contributed by atoms with Crippen LogP contribution in [0.25, 0.3) is 0 Å². The second-order valence-electron chi connectivity index (χ2n) is 4.96. The summed E-state index contributed by atoms with van der Waals surface area (Å²) in [5.41, 5.74) is 0.869. The Kier molecular flexibility index (Phi) is 5.55. The van der Waals surface area contributed by atoms with Gasteiger partial charge in [-0.2, -0.15) is 18.3 Å². The van der Waals surface area contributed by atoms with Crippen molar-refractivity contribution < 1.29 is 27.6 Å². The van der Waals surface area contributed by atoms with Gasteiger partial charge in [0.1, 0.15) is 5.75 Å². The number of ether oxygens (including phenoxy) is 1. The molecular formula is C16H12F3N3O4. The number of nitrogens with zero attached hydrogens (tertiary/aromatic N) is 2. The van der Waals surface area contributed by atoms with Crippen LogP contribution >= 0.6 is 0 Å². The van der Waals surface area contributed by atoms with Gasteiger partial charge in [-0.05, 0) is 24.3 Å². The van der Waals surface area contributed by atoms with Crippen molar-refractivity contribution in [2.45, 2.75) is 6.18 Å². The van der Waals surface area contributed by atoms with Crippen molar-refractivity contribution in [1.82, 2.24) is 5.43 Å². The highest BCUT2D eigenvalue weighted by molar-refractivity contribution is 5.95. The third kappa shape index (κ3) is 4.56. The molecule has 0 unspecified atom stereocenters. The predicted molar refractivity (Wildman–Crippen MR) is 86.2 cm³/mol. The summed E-state index contributed by atoms with van der Waals surface area (Å²) in [6, 6.07) is 7.61. The van der Waals surface area contributed by atoms with Crippen LogP contribution in [0, 0.1) is 10.1 Å². The van der Waals surface area contributed by atoms with Crippen LogP contribution in [0.2, 0.25) is 0 Å². The smallest absolute Gasteiger partial charge is 0.416 e. The SMILES string of the molecule is COc1ccc([N+](=O)[O-])cc1/C=N\NC(=O)c1cccc(C(F)(F)F)c1. The summed E-state index contributed by atoms with van der Waals surface area (Å²) >= 11 is 0. The zero-order valence-corrected chi connectivity index (χ0v) is 13.3. The first-order valence-electron chi connectivity index (χ1n) is 7.05. The summed E-state index contributed by atoms with van der Waals surface area (Å²) in [4.78, 5) is 22.1. The molecule has 0 aromatic heterocycles. The number of non-ortho nitro benzene ring substituents is 1. The molecule has 26 heavy (non-hydrogen) atoms. The average Bonchev–Trinajstić information content (AvgIpc) is 2.60. The number of nitro benzene ring substituents is 1. The van der Waals surface area contributed by atoms with Gasteiger partial charge in [0.25, 0.3) is 11.6 Å². The van der Waals surface area contributed by atoms with Crippen LogP contribution in [0.1, 0.15) is 21.5 Å². The molecule has 0 bridgehead atoms. The molecule has 2 aromatic carbocycles. The monoisotopic (exact) mass is 367 g/mol. The number of hydrogen-bond donors (Lipinski definition) is 1. The third-order valence-electron chi connectivity index (χ3n) is 3.25. The normalized spacial score (nSPS) is 11.4. The van der Waals surface area contributed by atoms with E-state index in [9.17, 15) is 28.1 Å². The fourth-order valence-corrected chi connectivity index (χ4v) is 2.00. The van der Waals surface area contributed by atoms with Crippen LogP contribution in [0.15, 0.2) is 47.6 Å². The fourth-order valence-electron chi connectivity index (χ4n) is 2.00. The largest absolute Gasteiger partial charge is 0.496 e. The number of hydrogen-bond acceptors (Lipinski definition) is 5. The number of nitrogens with one attached hydrogen (secondary N) is 1. The topological polar surface area (TPSA) is 93.8 Å². The van der Waals surface area contributed by atoms with E-state index in [4.69, 9.17) is 4.74 Å². The number of rotatable bonds is 5. The van der Waals surface area contributed by atoms with E-state index in [0.29, 0.717) is 6.07 Å². The molecule has 0 spiro atoms. The van der Waals surface area contributed by atoms with E-state index in [1.807, 2.05) is 0 Å². The van der Waals surface area contributed by atoms with Crippen molar-refractivity contribution in [2.24, 2.45) is 5.10 Å². The van der Waals surface area contributed by atoms with Gasteiger partial charge in [-0.25, -0.2) is 5.43 Å². The molecule has 2 aromatic rings. The minimum absolute atomic E-state index is 0.212. The quantitative estimate of drug-likeness (QED) is 0.498. The first kappa shape index (κ1) is 18.9. The maximum Gasteiger partial charge on any atom is 0.416 e. The summed E-state index contributed by atoms with van der Waals surface area (Å²) in [7, 11) is 1.35. The minimum atomic E-state index is -4.57. The molecule has 1 N–H and O–H groups in total. The Morgan fingerprint density at radius 2 is 2.00 bits per heavy atom. The molecule has 10 heteroatoms. The lowest BCUT2D eigenvalue weighted by molar-refractivity contribution is -0.384. The molecule has 0 saturated carbocycles. The van der Waals surface area contributed by atoms with E-state index in [2.05, 4.69) is 10.5 Å². The second-order valence-corrected chi connectivity index (χ2v) is 4.96. The first-order chi connectivity index (χ1) is 12.2. The van der Waals surface area contributed by atoms with Crippen LogP contribution < -0.4 is 10.2 Å². The van der Waals surface area contributed by atoms with E-state index >= 15 is 0 Å². The molecule has 0 radical (unpaired) electrons. The molecule has 0 aliphatic heterocycles. The number of amides is 1. The Balaban J connectivity index is 2.17. The third-order valence-corrected chi connectivity index (χ3v) is 3.25. The Labute approximate surface area is 145 Å². The molecule has 2 rings (SSSR count). The van der Waals surface area contributed by atoms with Gasteiger partial charge >= 0.3 is 6.18 Å². The lowest BCUT2D eigenvalue weighted by atomic mass is 10.1. The summed E-state index contributed by atoms with van der Waals surface area (Å²) in [5.74, 6) is -0.593. The van der Waals surface area contributed by atoms with E-state index in [1.165, 1.54) is 31.4 Å². The van der Waals surface area contributed by atoms with Crippen molar-refractivity contribution in [3.05, 3.63) is 69.3 Å². The van der Waals surface area contributed by atoms with Gasteiger partial charge in [-0.15, -0.1) is 0 Å². The number of methoxy groups -OCH3 is 1. The number of hydrazone groups is 1. The minimum Gasteiger partial charge on any atom is -0.496 e. The first-order valence-corrected chi connectivity index (χ1v) is 7.05. The molecule has 0 aliphatic rings. The summed E-state index contributed by atoms with van der Waals surface area (Å²) in [6.45, 7) is 0. The molecule has 0 aliphatic carbocycles. The molecule has 0 heterocycles. The zero-order chi connectivity index (χ0) is 19.3. The van der Waals surface area contributed by atoms with Gasteiger partial charge in [0.2, 0.25) is 0 Å². The van der Waals surface area contributed by atoms with Crippen LogP contribution in [0.5, 0.6) is 5.75 Å². The van der Waals surface area contributed by atoms with Crippen LogP contribution in [-0.4, -0.2) is 24.2 Å². The van der Waals surface area contributed by atoms with Gasteiger partial charge in [0.15, 0.2) is 0 Å². The number of halogens is 3. The van der Waals surface area contributed by atoms with Crippen molar-refractivity contribution >= 4 is 17.8 Å². The van der Waals surface area contributed by atoms with Gasteiger partial charge in [0, 0.05) is 23.3 Å². The summed E-state index contributed by atoms with van der Waals surface area (Å²) in [5, 5.41) is 14.4. The Morgan fingerprint density at radius 3 is 2.62 bits per heavy atom. The maximum atomic E-state index is 12.7. The van der Waals surface area contributed by atoms with E-state index < -0.39 is 22.6 Å². The Bertz CT molecular complexity index is 866. The maximum absolute atomic E-state index is 12.7. The van der Waals surface area contributed by atoms with Crippen molar-refractivity contribution in [2.75, 3.05) is 7.11 Å². The van der Waals surface area contributed by atoms with Crippen molar-refractivity contribution in [3.8, 4) is 5.75 Å². The highest BCUT2D eigenvalue weighted by Gasteiger charge is 2.30. The predicted octanol–water partition coefficient (Wildman–Crippen LogP) is 3.39. The van der Waals surface area contributed by atoms with Crippen LogP contribution in [0.4, 0.5) is 18.9 Å². The molecule has 0 fully saturated rings. The van der Waals surface area contributed by atoms with E-state index in [-0.39, 0.29) is 22.6 Å². The van der Waals surface area contributed by atoms with Gasteiger partial charge in [-0.3, -0.25) is 14.9 Å². The standard InChI is InChI=1S/C16H12F3N3O4/c1-26-14-6-5-13(22(24)25)8-11(14)9-20-21-15(23)10-3-2-4-12(7-10)16(17,18)19/h2-9H,1H3,(H,21,23)/b20-9-. The fraction of sp³-hybridized carbons (Fsp3) is 0.125. The van der Waals surface area contributed by atoms with Crippen LogP contribution in [0.3, 0.4) is 0 Å². The summed E-state index contributed by atoms with van der Waals surface area (Å²) in [6.07, 6.45) is -3.48. The number of alkyl halides is 3. The lowest BCUT2D eigenvalue weighted by Crippen LogP contribution is -2.18. The summed E-state index contributed by atoms with van der Waals surface area (Å²) < 4.78 is 43.0. The Morgan fingerprint density at radius 1 is 1.27 bits per heavy atom. The van der Waals surface area contributed by atoms with Gasteiger partial charge in [0.05, 0.1) is 23.8 Å². The molecule has 1 amide bonds. The second kappa shape index (κ2) is 7.64.